The van der Waals surface area contributed by atoms with Crippen molar-refractivity contribution in [2.75, 3.05) is 7.11 Å². The van der Waals surface area contributed by atoms with Crippen LogP contribution in [0.4, 0.5) is 0 Å². The molecule has 0 aliphatic rings. The highest BCUT2D eigenvalue weighted by Gasteiger charge is 2.16. The van der Waals surface area contributed by atoms with E-state index in [2.05, 4.69) is 10.1 Å². The summed E-state index contributed by atoms with van der Waals surface area (Å²) in [5.41, 5.74) is 6.93. The highest BCUT2D eigenvalue weighted by Crippen LogP contribution is 2.17. The molecule has 5 heteroatoms. The molecule has 0 radical (unpaired) electrons. The number of nitrogens with two attached hydrogens (primary N) is 1. The summed E-state index contributed by atoms with van der Waals surface area (Å²) in [5.74, 6) is 0.905. The molecule has 0 amide bonds. The highest BCUT2D eigenvalue weighted by molar-refractivity contribution is 5.22. The quantitative estimate of drug-likeness (QED) is 0.838. The van der Waals surface area contributed by atoms with Gasteiger partial charge in [0.1, 0.15) is 12.6 Å². The maximum Gasteiger partial charge on any atom is 0.248 e. The van der Waals surface area contributed by atoms with Gasteiger partial charge in [0.25, 0.3) is 0 Å². The molecule has 1 atom stereocenters. The Labute approximate surface area is 93.2 Å². The Morgan fingerprint density at radius 2 is 2.12 bits per heavy atom. The van der Waals surface area contributed by atoms with Crippen molar-refractivity contribution in [2.45, 2.75) is 12.6 Å². The summed E-state index contributed by atoms with van der Waals surface area (Å²) >= 11 is 0. The van der Waals surface area contributed by atoms with Crippen LogP contribution in [0.25, 0.3) is 0 Å². The van der Waals surface area contributed by atoms with Crippen molar-refractivity contribution in [1.82, 2.24) is 10.1 Å². The van der Waals surface area contributed by atoms with Gasteiger partial charge < -0.3 is 15.0 Å². The number of methoxy groups -OCH3 is 1. The van der Waals surface area contributed by atoms with Crippen LogP contribution in [-0.4, -0.2) is 17.3 Å². The van der Waals surface area contributed by atoms with Crippen LogP contribution in [-0.2, 0) is 11.3 Å². The van der Waals surface area contributed by atoms with Crippen molar-refractivity contribution in [1.29, 1.82) is 0 Å². The Morgan fingerprint density at radius 3 is 2.81 bits per heavy atom. The van der Waals surface area contributed by atoms with E-state index in [1.165, 1.54) is 0 Å². The van der Waals surface area contributed by atoms with Crippen molar-refractivity contribution in [3.8, 4) is 0 Å². The third-order valence-corrected chi connectivity index (χ3v) is 2.18. The standard InChI is InChI=1S/C11H13N3O2/c1-15-7-9-13-11(16-14-9)10(12)8-5-3-2-4-6-8/h2-6,10H,7,12H2,1H3/t10-/m0/s1. The van der Waals surface area contributed by atoms with Gasteiger partial charge in [-0.3, -0.25) is 0 Å². The maximum atomic E-state index is 5.99. The average molecular weight is 219 g/mol. The first-order valence-corrected chi connectivity index (χ1v) is 4.93. The molecule has 0 bridgehead atoms. The van der Waals surface area contributed by atoms with E-state index in [9.17, 15) is 0 Å². The summed E-state index contributed by atoms with van der Waals surface area (Å²) < 4.78 is 9.97. The molecule has 0 aliphatic heterocycles. The summed E-state index contributed by atoms with van der Waals surface area (Å²) in [6, 6.07) is 9.22. The van der Waals surface area contributed by atoms with E-state index in [1.54, 1.807) is 7.11 Å². The summed E-state index contributed by atoms with van der Waals surface area (Å²) in [6.45, 7) is 0.324. The Morgan fingerprint density at radius 1 is 1.38 bits per heavy atom. The van der Waals surface area contributed by atoms with Crippen LogP contribution in [0.1, 0.15) is 23.3 Å². The molecule has 84 valence electrons. The fraction of sp³-hybridized carbons (Fsp3) is 0.273. The first-order chi connectivity index (χ1) is 7.81. The second-order valence-corrected chi connectivity index (χ2v) is 3.37. The number of hydrogen-bond donors (Lipinski definition) is 1. The molecule has 0 saturated carbocycles. The van der Waals surface area contributed by atoms with E-state index >= 15 is 0 Å². The van der Waals surface area contributed by atoms with Crippen LogP contribution in [0, 0.1) is 0 Å². The van der Waals surface area contributed by atoms with Gasteiger partial charge >= 0.3 is 0 Å². The van der Waals surface area contributed by atoms with Gasteiger partial charge in [0.2, 0.25) is 5.89 Å². The van der Waals surface area contributed by atoms with Gasteiger partial charge in [-0.15, -0.1) is 0 Å². The molecule has 1 aromatic carbocycles. The minimum atomic E-state index is -0.390. The lowest BCUT2D eigenvalue weighted by atomic mass is 10.1. The largest absolute Gasteiger partial charge is 0.377 e. The zero-order valence-electron chi connectivity index (χ0n) is 8.96. The topological polar surface area (TPSA) is 74.2 Å². The number of rotatable bonds is 4. The third-order valence-electron chi connectivity index (χ3n) is 2.18. The van der Waals surface area contributed by atoms with E-state index in [-0.39, 0.29) is 6.04 Å². The van der Waals surface area contributed by atoms with E-state index in [0.717, 1.165) is 5.56 Å². The van der Waals surface area contributed by atoms with Crippen molar-refractivity contribution < 1.29 is 9.26 Å². The molecule has 1 aromatic heterocycles. The van der Waals surface area contributed by atoms with Crippen LogP contribution in [0.2, 0.25) is 0 Å². The fourth-order valence-electron chi connectivity index (χ4n) is 1.38. The molecular formula is C11H13N3O2. The molecule has 16 heavy (non-hydrogen) atoms. The molecule has 5 nitrogen and oxygen atoms in total. The van der Waals surface area contributed by atoms with Gasteiger partial charge in [-0.2, -0.15) is 4.98 Å². The van der Waals surface area contributed by atoms with E-state index in [1.807, 2.05) is 30.3 Å². The second kappa shape index (κ2) is 4.87. The van der Waals surface area contributed by atoms with E-state index in [0.29, 0.717) is 18.3 Å². The SMILES string of the molecule is COCc1noc([C@@H](N)c2ccccc2)n1. The predicted octanol–water partition coefficient (Wildman–Crippen LogP) is 1.26. The second-order valence-electron chi connectivity index (χ2n) is 3.37. The Hall–Kier alpha value is -1.72. The lowest BCUT2D eigenvalue weighted by Crippen LogP contribution is -2.12. The molecule has 0 saturated heterocycles. The minimum absolute atomic E-state index is 0.324. The van der Waals surface area contributed by atoms with Gasteiger partial charge in [0.05, 0.1) is 0 Å². The first-order valence-electron chi connectivity index (χ1n) is 4.93. The van der Waals surface area contributed by atoms with Crippen molar-refractivity contribution in [2.24, 2.45) is 5.73 Å². The van der Waals surface area contributed by atoms with E-state index in [4.69, 9.17) is 15.0 Å². The third kappa shape index (κ3) is 2.26. The molecule has 1 heterocycles. The van der Waals surface area contributed by atoms with Gasteiger partial charge in [0, 0.05) is 7.11 Å². The molecular weight excluding hydrogens is 206 g/mol. The van der Waals surface area contributed by atoms with Crippen LogP contribution < -0.4 is 5.73 Å². The molecule has 2 aromatic rings. The lowest BCUT2D eigenvalue weighted by molar-refractivity contribution is 0.174. The Kier molecular flexibility index (Phi) is 3.28. The maximum absolute atomic E-state index is 5.99. The normalized spacial score (nSPS) is 12.6. The number of benzene rings is 1. The molecule has 0 fully saturated rings. The molecule has 0 aliphatic carbocycles. The molecule has 2 N–H and O–H groups in total. The first kappa shape index (κ1) is 10.8. The summed E-state index contributed by atoms with van der Waals surface area (Å²) in [7, 11) is 1.58. The Bertz CT molecular complexity index is 442. The average Bonchev–Trinajstić information content (AvgIpc) is 2.78. The Balaban J connectivity index is 2.17. The molecule has 0 unspecified atom stereocenters. The number of nitrogens with zero attached hydrogens (tertiary/aromatic N) is 2. The smallest absolute Gasteiger partial charge is 0.248 e. The van der Waals surface area contributed by atoms with Crippen LogP contribution >= 0.6 is 0 Å². The predicted molar refractivity (Wildman–Crippen MR) is 57.5 cm³/mol. The fourth-order valence-corrected chi connectivity index (χ4v) is 1.38. The zero-order valence-corrected chi connectivity index (χ0v) is 8.96. The van der Waals surface area contributed by atoms with Crippen molar-refractivity contribution >= 4 is 0 Å². The number of hydrogen-bond acceptors (Lipinski definition) is 5. The van der Waals surface area contributed by atoms with Crippen LogP contribution in [0.15, 0.2) is 34.9 Å². The van der Waals surface area contributed by atoms with Gasteiger partial charge in [-0.25, -0.2) is 0 Å². The molecule has 2 rings (SSSR count). The van der Waals surface area contributed by atoms with Crippen LogP contribution in [0.3, 0.4) is 0 Å². The van der Waals surface area contributed by atoms with E-state index < -0.39 is 0 Å². The van der Waals surface area contributed by atoms with Gasteiger partial charge in [-0.1, -0.05) is 35.5 Å². The van der Waals surface area contributed by atoms with Crippen LogP contribution in [0.5, 0.6) is 0 Å². The summed E-state index contributed by atoms with van der Waals surface area (Å²) in [5, 5.41) is 3.76. The van der Waals surface area contributed by atoms with Gasteiger partial charge in [-0.05, 0) is 5.56 Å². The molecule has 0 spiro atoms. The summed E-state index contributed by atoms with van der Waals surface area (Å²) in [6.07, 6.45) is 0. The van der Waals surface area contributed by atoms with Gasteiger partial charge in [0.15, 0.2) is 5.82 Å². The minimum Gasteiger partial charge on any atom is -0.377 e. The highest BCUT2D eigenvalue weighted by atomic mass is 16.5. The summed E-state index contributed by atoms with van der Waals surface area (Å²) in [4.78, 5) is 4.15. The lowest BCUT2D eigenvalue weighted by Gasteiger charge is -2.05. The van der Waals surface area contributed by atoms with Crippen molar-refractivity contribution in [3.05, 3.63) is 47.6 Å². The number of aromatic nitrogens is 2. The van der Waals surface area contributed by atoms with Crippen molar-refractivity contribution in [3.63, 3.8) is 0 Å². The number of ether oxygens (including phenoxy) is 1. The monoisotopic (exact) mass is 219 g/mol. The zero-order chi connectivity index (χ0) is 11.4.